The molecule has 2 aromatic rings. The summed E-state index contributed by atoms with van der Waals surface area (Å²) in [4.78, 5) is 28.9. The van der Waals surface area contributed by atoms with E-state index in [-0.39, 0.29) is 16.5 Å². The fraction of sp³-hybridized carbons (Fsp3) is 0.364. The number of amides is 3. The van der Waals surface area contributed by atoms with Gasteiger partial charge < -0.3 is 15.1 Å². The summed E-state index contributed by atoms with van der Waals surface area (Å²) >= 11 is 1.77. The van der Waals surface area contributed by atoms with Crippen LogP contribution in [-0.4, -0.2) is 52.0 Å². The second-order valence-corrected chi connectivity index (χ2v) is 9.12. The van der Waals surface area contributed by atoms with Crippen LogP contribution in [0.3, 0.4) is 0 Å². The van der Waals surface area contributed by atoms with Crippen molar-refractivity contribution in [3.05, 3.63) is 65.2 Å². The zero-order valence-corrected chi connectivity index (χ0v) is 17.5. The Morgan fingerprint density at radius 3 is 2.40 bits per heavy atom. The standard InChI is InChI=1S/C22H23F2N3O2S/c1-15-2-4-16(5-3-15)20(28)27-12-13-30-22(27)8-10-26(11-9-22)21(29)25-19-7-6-17(23)14-18(19)24/h2-7,14H,8-13H2,1H3,(H,25,29). The summed E-state index contributed by atoms with van der Waals surface area (Å²) in [5.41, 5.74) is 1.73. The molecule has 2 aliphatic heterocycles. The molecule has 4 rings (SSSR count). The topological polar surface area (TPSA) is 52.7 Å². The lowest BCUT2D eigenvalue weighted by molar-refractivity contribution is 0.0585. The molecule has 0 atom stereocenters. The van der Waals surface area contributed by atoms with Crippen molar-refractivity contribution in [2.45, 2.75) is 24.6 Å². The van der Waals surface area contributed by atoms with Crippen molar-refractivity contribution in [2.24, 2.45) is 0 Å². The van der Waals surface area contributed by atoms with Gasteiger partial charge in [0.1, 0.15) is 11.6 Å². The highest BCUT2D eigenvalue weighted by atomic mass is 32.2. The molecule has 1 N–H and O–H groups in total. The SMILES string of the molecule is Cc1ccc(C(=O)N2CCSC23CCN(C(=O)Nc2ccc(F)cc2F)CC3)cc1. The molecule has 2 fully saturated rings. The Balaban J connectivity index is 1.41. The number of thioether (sulfide) groups is 1. The summed E-state index contributed by atoms with van der Waals surface area (Å²) in [5, 5.41) is 2.51. The molecular weight excluding hydrogens is 408 g/mol. The number of hydrogen-bond donors (Lipinski definition) is 1. The average Bonchev–Trinajstić information content (AvgIpc) is 3.13. The molecule has 158 valence electrons. The van der Waals surface area contributed by atoms with E-state index in [9.17, 15) is 18.4 Å². The monoisotopic (exact) mass is 431 g/mol. The van der Waals surface area contributed by atoms with E-state index in [2.05, 4.69) is 5.32 Å². The van der Waals surface area contributed by atoms with E-state index in [1.165, 1.54) is 6.07 Å². The quantitative estimate of drug-likeness (QED) is 0.763. The van der Waals surface area contributed by atoms with Gasteiger partial charge in [0.15, 0.2) is 0 Å². The van der Waals surface area contributed by atoms with Crippen LogP contribution < -0.4 is 5.32 Å². The van der Waals surface area contributed by atoms with Crippen LogP contribution in [-0.2, 0) is 0 Å². The molecule has 2 aromatic carbocycles. The summed E-state index contributed by atoms with van der Waals surface area (Å²) in [6, 6.07) is 10.2. The first-order valence-electron chi connectivity index (χ1n) is 9.92. The van der Waals surface area contributed by atoms with Crippen molar-refractivity contribution in [3.63, 3.8) is 0 Å². The Morgan fingerprint density at radius 1 is 1.03 bits per heavy atom. The van der Waals surface area contributed by atoms with Gasteiger partial charge >= 0.3 is 6.03 Å². The van der Waals surface area contributed by atoms with E-state index in [4.69, 9.17) is 0 Å². The number of nitrogens with zero attached hydrogens (tertiary/aromatic N) is 2. The zero-order valence-electron chi connectivity index (χ0n) is 16.7. The summed E-state index contributed by atoms with van der Waals surface area (Å²) in [5.74, 6) is -0.615. The lowest BCUT2D eigenvalue weighted by Crippen LogP contribution is -2.54. The van der Waals surface area contributed by atoms with Crippen molar-refractivity contribution in [2.75, 3.05) is 30.7 Å². The van der Waals surface area contributed by atoms with Crippen LogP contribution in [0.15, 0.2) is 42.5 Å². The molecule has 30 heavy (non-hydrogen) atoms. The van der Waals surface area contributed by atoms with E-state index in [1.807, 2.05) is 36.1 Å². The van der Waals surface area contributed by atoms with Gasteiger partial charge in [-0.2, -0.15) is 0 Å². The Bertz CT molecular complexity index is 959. The lowest BCUT2D eigenvalue weighted by Gasteiger charge is -2.44. The van der Waals surface area contributed by atoms with Crippen molar-refractivity contribution in [1.29, 1.82) is 0 Å². The predicted octanol–water partition coefficient (Wildman–Crippen LogP) is 4.49. The number of aryl methyl sites for hydroxylation is 1. The fourth-order valence-electron chi connectivity index (χ4n) is 4.01. The number of nitrogens with one attached hydrogen (secondary N) is 1. The number of hydrogen-bond acceptors (Lipinski definition) is 3. The third kappa shape index (κ3) is 4.01. The van der Waals surface area contributed by atoms with Crippen LogP contribution >= 0.6 is 11.8 Å². The number of piperidine rings is 1. The Hall–Kier alpha value is -2.61. The molecule has 1 spiro atoms. The molecule has 5 nitrogen and oxygen atoms in total. The zero-order chi connectivity index (χ0) is 21.3. The van der Waals surface area contributed by atoms with Crippen molar-refractivity contribution in [3.8, 4) is 0 Å². The first-order valence-corrected chi connectivity index (χ1v) is 10.9. The van der Waals surface area contributed by atoms with Gasteiger partial charge in [-0.1, -0.05) is 17.7 Å². The summed E-state index contributed by atoms with van der Waals surface area (Å²) in [6.45, 7) is 3.59. The molecule has 0 unspecified atom stereocenters. The molecule has 2 heterocycles. The van der Waals surface area contributed by atoms with Crippen LogP contribution in [0.2, 0.25) is 0 Å². The summed E-state index contributed by atoms with van der Waals surface area (Å²) in [6.07, 6.45) is 1.29. The number of urea groups is 1. The minimum absolute atomic E-state index is 0.0197. The predicted molar refractivity (Wildman–Crippen MR) is 114 cm³/mol. The molecule has 2 saturated heterocycles. The minimum atomic E-state index is -0.807. The van der Waals surface area contributed by atoms with Crippen LogP contribution in [0.4, 0.5) is 19.3 Å². The first-order chi connectivity index (χ1) is 14.4. The molecule has 2 aliphatic rings. The third-order valence-corrected chi connectivity index (χ3v) is 7.28. The van der Waals surface area contributed by atoms with Crippen LogP contribution in [0.25, 0.3) is 0 Å². The van der Waals surface area contributed by atoms with Gasteiger partial charge in [0.2, 0.25) is 0 Å². The van der Waals surface area contributed by atoms with Crippen molar-refractivity contribution in [1.82, 2.24) is 9.80 Å². The number of halogens is 2. The smallest absolute Gasteiger partial charge is 0.321 e. The van der Waals surface area contributed by atoms with E-state index < -0.39 is 17.7 Å². The Labute approximate surface area is 178 Å². The second-order valence-electron chi connectivity index (χ2n) is 7.66. The minimum Gasteiger partial charge on any atom is -0.324 e. The van der Waals surface area contributed by atoms with E-state index in [0.717, 1.165) is 23.4 Å². The molecule has 0 bridgehead atoms. The maximum absolute atomic E-state index is 13.8. The third-order valence-electron chi connectivity index (χ3n) is 5.73. The van der Waals surface area contributed by atoms with Gasteiger partial charge in [0, 0.05) is 37.0 Å². The van der Waals surface area contributed by atoms with Gasteiger partial charge in [-0.25, -0.2) is 13.6 Å². The maximum atomic E-state index is 13.8. The molecule has 0 radical (unpaired) electrons. The normalized spacial score (nSPS) is 18.0. The molecule has 8 heteroatoms. The van der Waals surface area contributed by atoms with Crippen molar-refractivity contribution < 1.29 is 18.4 Å². The van der Waals surface area contributed by atoms with Crippen LogP contribution in [0.1, 0.15) is 28.8 Å². The van der Waals surface area contributed by atoms with Gasteiger partial charge in [-0.15, -0.1) is 11.8 Å². The molecular formula is C22H23F2N3O2S. The largest absolute Gasteiger partial charge is 0.324 e. The number of likely N-dealkylation sites (tertiary alicyclic amines) is 1. The highest BCUT2D eigenvalue weighted by Gasteiger charge is 2.47. The van der Waals surface area contributed by atoms with Crippen LogP contribution in [0, 0.1) is 18.6 Å². The summed E-state index contributed by atoms with van der Waals surface area (Å²) in [7, 11) is 0. The molecule has 0 aliphatic carbocycles. The average molecular weight is 432 g/mol. The van der Waals surface area contributed by atoms with Gasteiger partial charge in [0.05, 0.1) is 10.6 Å². The number of benzene rings is 2. The number of anilines is 1. The Kier molecular flexibility index (Phi) is 5.69. The lowest BCUT2D eigenvalue weighted by atomic mass is 10.0. The van der Waals surface area contributed by atoms with E-state index >= 15 is 0 Å². The van der Waals surface area contributed by atoms with Gasteiger partial charge in [-0.3, -0.25) is 4.79 Å². The highest BCUT2D eigenvalue weighted by molar-refractivity contribution is 8.00. The number of carbonyl (C=O) groups is 2. The number of carbonyl (C=O) groups excluding carboxylic acids is 2. The molecule has 0 aromatic heterocycles. The van der Waals surface area contributed by atoms with Gasteiger partial charge in [-0.05, 0) is 44.0 Å². The maximum Gasteiger partial charge on any atom is 0.321 e. The van der Waals surface area contributed by atoms with Crippen LogP contribution in [0.5, 0.6) is 0 Å². The summed E-state index contributed by atoms with van der Waals surface area (Å²) < 4.78 is 26.9. The Morgan fingerprint density at radius 2 is 1.73 bits per heavy atom. The second kappa shape index (κ2) is 8.26. The van der Waals surface area contributed by atoms with Gasteiger partial charge in [0.25, 0.3) is 5.91 Å². The number of rotatable bonds is 2. The molecule has 0 saturated carbocycles. The fourth-order valence-corrected chi connectivity index (χ4v) is 5.46. The molecule has 3 amide bonds. The van der Waals surface area contributed by atoms with E-state index in [0.29, 0.717) is 38.0 Å². The first kappa shape index (κ1) is 20.7. The van der Waals surface area contributed by atoms with Crippen molar-refractivity contribution >= 4 is 29.4 Å². The van der Waals surface area contributed by atoms with E-state index in [1.54, 1.807) is 16.7 Å². The highest BCUT2D eigenvalue weighted by Crippen LogP contribution is 2.44.